The van der Waals surface area contributed by atoms with Crippen LogP contribution in [-0.4, -0.2) is 18.9 Å². The molecule has 1 N–H and O–H groups in total. The average molecular weight is 420 g/mol. The standard InChI is InChI=1S/C22H23Cl2NO3/c1-3-10-25(11-4-2)13-16-19(26)9-8-14-21(27)20(28-22(14)16)12-15-17(23)6-5-7-18(15)24/h5-9,12,26H,3-4,10-11,13H2,1-2H3. The van der Waals surface area contributed by atoms with Gasteiger partial charge in [0.15, 0.2) is 5.76 Å². The lowest BCUT2D eigenvalue weighted by atomic mass is 10.0. The van der Waals surface area contributed by atoms with Gasteiger partial charge in [-0.1, -0.05) is 54.9 Å². The van der Waals surface area contributed by atoms with Gasteiger partial charge in [0.05, 0.1) is 18.7 Å². The van der Waals surface area contributed by atoms with E-state index in [1.807, 2.05) is 0 Å². The number of carbonyl (C=O) groups excluding carboxylic acids is 1. The third-order valence-electron chi connectivity index (χ3n) is 4.81. The first kappa shape index (κ1) is 20.7. The quantitative estimate of drug-likeness (QED) is 0.692. The fourth-order valence-corrected chi connectivity index (χ4v) is 4.00. The van der Waals surface area contributed by atoms with Gasteiger partial charge in [-0.15, -0.1) is 0 Å². The molecule has 2 aromatic carbocycles. The zero-order valence-corrected chi connectivity index (χ0v) is 17.5. The summed E-state index contributed by atoms with van der Waals surface area (Å²) in [4.78, 5) is 14.1. The van der Waals surface area contributed by atoms with Crippen LogP contribution in [0.5, 0.6) is 11.5 Å². The smallest absolute Gasteiger partial charge is 0.231 e. The van der Waals surface area contributed by atoms with Gasteiger partial charge in [-0.25, -0.2) is 0 Å². The number of ether oxygens (including phenoxy) is 1. The van der Waals surface area contributed by atoms with E-state index >= 15 is 0 Å². The molecule has 0 amide bonds. The van der Waals surface area contributed by atoms with Crippen molar-refractivity contribution in [2.45, 2.75) is 33.2 Å². The molecular weight excluding hydrogens is 397 g/mol. The number of nitrogens with one attached hydrogen (secondary N) is 1. The second-order valence-electron chi connectivity index (χ2n) is 6.92. The third-order valence-corrected chi connectivity index (χ3v) is 5.47. The minimum absolute atomic E-state index is 0.103. The summed E-state index contributed by atoms with van der Waals surface area (Å²) in [6, 6.07) is 8.13. The van der Waals surface area contributed by atoms with Gasteiger partial charge in [0, 0.05) is 21.2 Å². The molecule has 148 valence electrons. The highest BCUT2D eigenvalue weighted by Gasteiger charge is 2.31. The number of halogens is 2. The highest BCUT2D eigenvalue weighted by atomic mass is 35.5. The summed E-state index contributed by atoms with van der Waals surface area (Å²) in [5.41, 5.74) is 1.49. The summed E-state index contributed by atoms with van der Waals surface area (Å²) in [6.07, 6.45) is 3.59. The lowest BCUT2D eigenvalue weighted by Gasteiger charge is -2.23. The van der Waals surface area contributed by atoms with Crippen molar-refractivity contribution in [2.75, 3.05) is 13.1 Å². The van der Waals surface area contributed by atoms with Crippen LogP contribution in [0, 0.1) is 0 Å². The fourth-order valence-electron chi connectivity index (χ4n) is 3.50. The van der Waals surface area contributed by atoms with Crippen molar-refractivity contribution in [3.8, 4) is 11.5 Å². The second kappa shape index (κ2) is 8.99. The van der Waals surface area contributed by atoms with Crippen molar-refractivity contribution in [1.29, 1.82) is 0 Å². The summed E-state index contributed by atoms with van der Waals surface area (Å²) in [7, 11) is 0. The van der Waals surface area contributed by atoms with E-state index in [0.717, 1.165) is 25.9 Å². The lowest BCUT2D eigenvalue weighted by molar-refractivity contribution is -0.914. The number of carbonyl (C=O) groups is 1. The molecule has 3 rings (SSSR count). The number of ketones is 1. The molecule has 0 unspecified atom stereocenters. The molecule has 1 heterocycles. The maximum absolute atomic E-state index is 12.8. The van der Waals surface area contributed by atoms with Crippen LogP contribution in [0.25, 0.3) is 6.08 Å². The predicted molar refractivity (Wildman–Crippen MR) is 110 cm³/mol. The molecule has 0 spiro atoms. The van der Waals surface area contributed by atoms with E-state index in [9.17, 15) is 9.90 Å². The van der Waals surface area contributed by atoms with E-state index in [0.29, 0.717) is 39.0 Å². The highest BCUT2D eigenvalue weighted by molar-refractivity contribution is 6.37. The van der Waals surface area contributed by atoms with Crippen molar-refractivity contribution in [3.05, 3.63) is 62.8 Å². The Morgan fingerprint density at radius 1 is 1.07 bits per heavy atom. The van der Waals surface area contributed by atoms with Crippen LogP contribution < -0.4 is 14.7 Å². The first-order chi connectivity index (χ1) is 13.5. The molecule has 6 heteroatoms. The minimum atomic E-state index is -0.264. The number of hydrogen-bond donors (Lipinski definition) is 1. The molecule has 0 bridgehead atoms. The zero-order valence-electron chi connectivity index (χ0n) is 16.0. The number of benzene rings is 2. The number of fused-ring (bicyclic) bond motifs is 1. The predicted octanol–water partition coefficient (Wildman–Crippen LogP) is 3.89. The molecule has 0 radical (unpaired) electrons. The largest absolute Gasteiger partial charge is 0.872 e. The summed E-state index contributed by atoms with van der Waals surface area (Å²) in [5, 5.41) is 13.4. The first-order valence-electron chi connectivity index (χ1n) is 9.50. The molecule has 0 saturated heterocycles. The average Bonchev–Trinajstić information content (AvgIpc) is 2.97. The maximum Gasteiger partial charge on any atom is 0.231 e. The van der Waals surface area contributed by atoms with Gasteiger partial charge in [0.25, 0.3) is 0 Å². The molecule has 0 aliphatic carbocycles. The van der Waals surface area contributed by atoms with Crippen LogP contribution in [0.1, 0.15) is 48.2 Å². The Kier molecular flexibility index (Phi) is 6.65. The minimum Gasteiger partial charge on any atom is -0.872 e. The normalized spacial score (nSPS) is 14.6. The van der Waals surface area contributed by atoms with Gasteiger partial charge in [0.1, 0.15) is 12.3 Å². The van der Waals surface area contributed by atoms with Crippen molar-refractivity contribution >= 4 is 35.1 Å². The topological polar surface area (TPSA) is 53.8 Å². The number of rotatable bonds is 7. The van der Waals surface area contributed by atoms with Crippen LogP contribution in [0.3, 0.4) is 0 Å². The Balaban J connectivity index is 1.98. The van der Waals surface area contributed by atoms with Crippen molar-refractivity contribution in [2.24, 2.45) is 0 Å². The van der Waals surface area contributed by atoms with E-state index in [1.165, 1.54) is 17.0 Å². The SMILES string of the molecule is CCC[NH+](CCC)Cc1c([O-])ccc2c1OC(=Cc1c(Cl)cccc1Cl)C2=O. The number of Topliss-reactive ketones (excluding diaryl/α,β-unsaturated/α-hetero) is 1. The van der Waals surface area contributed by atoms with Crippen LogP contribution in [0.15, 0.2) is 36.1 Å². The van der Waals surface area contributed by atoms with Gasteiger partial charge in [0.2, 0.25) is 5.78 Å². The number of allylic oxidation sites excluding steroid dienone is 1. The van der Waals surface area contributed by atoms with E-state index in [1.54, 1.807) is 24.3 Å². The molecular formula is C22H23Cl2NO3. The molecule has 1 aliphatic rings. The van der Waals surface area contributed by atoms with Gasteiger partial charge in [-0.05, 0) is 37.1 Å². The van der Waals surface area contributed by atoms with Crippen LogP contribution >= 0.6 is 23.2 Å². The lowest BCUT2D eigenvalue weighted by Crippen LogP contribution is -3.10. The molecule has 0 atom stereocenters. The van der Waals surface area contributed by atoms with Gasteiger partial charge < -0.3 is 14.7 Å². The third kappa shape index (κ3) is 4.19. The Morgan fingerprint density at radius 2 is 1.71 bits per heavy atom. The number of quaternary nitrogens is 1. The Morgan fingerprint density at radius 3 is 2.32 bits per heavy atom. The van der Waals surface area contributed by atoms with Gasteiger partial charge in [-0.2, -0.15) is 0 Å². The summed E-state index contributed by atoms with van der Waals surface area (Å²) < 4.78 is 5.88. The summed E-state index contributed by atoms with van der Waals surface area (Å²) in [6.45, 7) is 6.71. The zero-order chi connectivity index (χ0) is 20.3. The van der Waals surface area contributed by atoms with E-state index in [2.05, 4.69) is 13.8 Å². The van der Waals surface area contributed by atoms with E-state index in [-0.39, 0.29) is 17.3 Å². The first-order valence-corrected chi connectivity index (χ1v) is 10.3. The summed E-state index contributed by atoms with van der Waals surface area (Å²) >= 11 is 12.4. The monoisotopic (exact) mass is 419 g/mol. The Hall–Kier alpha value is -2.01. The van der Waals surface area contributed by atoms with E-state index < -0.39 is 0 Å². The molecule has 2 aromatic rings. The van der Waals surface area contributed by atoms with Crippen molar-refractivity contribution in [3.63, 3.8) is 0 Å². The number of hydrogen-bond acceptors (Lipinski definition) is 3. The van der Waals surface area contributed by atoms with Gasteiger partial charge >= 0.3 is 0 Å². The van der Waals surface area contributed by atoms with E-state index in [4.69, 9.17) is 27.9 Å². The van der Waals surface area contributed by atoms with Crippen LogP contribution in [0.2, 0.25) is 10.0 Å². The Bertz CT molecular complexity index is 898. The second-order valence-corrected chi connectivity index (χ2v) is 7.74. The molecule has 1 aliphatic heterocycles. The molecule has 0 aromatic heterocycles. The molecule has 0 fully saturated rings. The molecule has 0 saturated carbocycles. The van der Waals surface area contributed by atoms with Crippen LogP contribution in [0.4, 0.5) is 0 Å². The van der Waals surface area contributed by atoms with Crippen molar-refractivity contribution < 1.29 is 19.5 Å². The molecule has 4 nitrogen and oxygen atoms in total. The van der Waals surface area contributed by atoms with Crippen LogP contribution in [-0.2, 0) is 6.54 Å². The van der Waals surface area contributed by atoms with Gasteiger partial charge in [-0.3, -0.25) is 4.79 Å². The highest BCUT2D eigenvalue weighted by Crippen LogP contribution is 2.39. The maximum atomic E-state index is 12.8. The summed E-state index contributed by atoms with van der Waals surface area (Å²) in [5.74, 6) is 0.133. The van der Waals surface area contributed by atoms with Crippen molar-refractivity contribution in [1.82, 2.24) is 0 Å². The Labute approximate surface area is 175 Å². The molecule has 28 heavy (non-hydrogen) atoms. The fraction of sp³-hybridized carbons (Fsp3) is 0.318.